The standard InChI is InChI=1S/C21H19F4N5O4/c1-32-20(31)14-7-18(16(22)8-17(14)29-13-2-5-33-11-13)34-19-15(21(23,24)25)6-12(9-26-19)10-30-27-3-4-28-30/h3-4,6-9,13,29H,2,5,10-11H2,1H3. The third kappa shape index (κ3) is 5.25. The van der Waals surface area contributed by atoms with E-state index in [9.17, 15) is 22.4 Å². The average molecular weight is 481 g/mol. The summed E-state index contributed by atoms with van der Waals surface area (Å²) in [6.07, 6.45) is -0.296. The number of benzene rings is 1. The molecule has 0 radical (unpaired) electrons. The first kappa shape index (κ1) is 23.4. The number of hydrogen-bond donors (Lipinski definition) is 1. The Morgan fingerprint density at radius 3 is 2.68 bits per heavy atom. The lowest BCUT2D eigenvalue weighted by molar-refractivity contribution is -0.139. The molecule has 3 heterocycles. The number of aromatic nitrogens is 4. The normalized spacial score (nSPS) is 15.9. The topological polar surface area (TPSA) is 100 Å². The summed E-state index contributed by atoms with van der Waals surface area (Å²) in [6, 6.07) is 2.60. The number of esters is 1. The van der Waals surface area contributed by atoms with Gasteiger partial charge in [-0.25, -0.2) is 14.2 Å². The van der Waals surface area contributed by atoms with Crippen LogP contribution in [-0.4, -0.2) is 52.3 Å². The molecule has 180 valence electrons. The van der Waals surface area contributed by atoms with Crippen molar-refractivity contribution in [2.24, 2.45) is 0 Å². The molecule has 9 nitrogen and oxygen atoms in total. The van der Waals surface area contributed by atoms with Gasteiger partial charge in [0.2, 0.25) is 5.88 Å². The van der Waals surface area contributed by atoms with Crippen molar-refractivity contribution in [1.29, 1.82) is 0 Å². The predicted octanol–water partition coefficient (Wildman–Crippen LogP) is 3.66. The number of carbonyl (C=O) groups is 1. The summed E-state index contributed by atoms with van der Waals surface area (Å²) in [6.45, 7) is 0.808. The zero-order chi connectivity index (χ0) is 24.3. The van der Waals surface area contributed by atoms with Crippen LogP contribution in [0.2, 0.25) is 0 Å². The van der Waals surface area contributed by atoms with Gasteiger partial charge in [0.25, 0.3) is 0 Å². The number of halogens is 4. The molecular formula is C21H19F4N5O4. The van der Waals surface area contributed by atoms with E-state index in [4.69, 9.17) is 14.2 Å². The molecular weight excluding hydrogens is 462 g/mol. The lowest BCUT2D eigenvalue weighted by atomic mass is 10.1. The third-order valence-electron chi connectivity index (χ3n) is 4.98. The van der Waals surface area contributed by atoms with Crippen LogP contribution in [-0.2, 0) is 22.2 Å². The molecule has 1 unspecified atom stereocenters. The predicted molar refractivity (Wildman–Crippen MR) is 109 cm³/mol. The largest absolute Gasteiger partial charge is 0.465 e. The zero-order valence-electron chi connectivity index (χ0n) is 17.8. The van der Waals surface area contributed by atoms with Crippen LogP contribution in [0.4, 0.5) is 23.2 Å². The first-order chi connectivity index (χ1) is 16.2. The summed E-state index contributed by atoms with van der Waals surface area (Å²) in [5.74, 6) is -3.30. The molecule has 1 fully saturated rings. The van der Waals surface area contributed by atoms with E-state index in [-0.39, 0.29) is 29.4 Å². The van der Waals surface area contributed by atoms with E-state index in [2.05, 4.69) is 20.5 Å². The van der Waals surface area contributed by atoms with Gasteiger partial charge in [-0.05, 0) is 18.1 Å². The van der Waals surface area contributed by atoms with Crippen molar-refractivity contribution in [1.82, 2.24) is 20.0 Å². The Kier molecular flexibility index (Phi) is 6.63. The number of methoxy groups -OCH3 is 1. The number of nitrogens with zero attached hydrogens (tertiary/aromatic N) is 4. The fourth-order valence-corrected chi connectivity index (χ4v) is 3.36. The van der Waals surface area contributed by atoms with Crippen LogP contribution >= 0.6 is 0 Å². The van der Waals surface area contributed by atoms with Crippen LogP contribution < -0.4 is 10.1 Å². The molecule has 1 N–H and O–H groups in total. The monoisotopic (exact) mass is 481 g/mol. The van der Waals surface area contributed by atoms with E-state index < -0.39 is 35.2 Å². The van der Waals surface area contributed by atoms with Gasteiger partial charge < -0.3 is 19.5 Å². The minimum absolute atomic E-state index is 0.0601. The highest BCUT2D eigenvalue weighted by molar-refractivity contribution is 5.96. The van der Waals surface area contributed by atoms with Crippen molar-refractivity contribution in [3.63, 3.8) is 0 Å². The van der Waals surface area contributed by atoms with Gasteiger partial charge in [0, 0.05) is 24.9 Å². The van der Waals surface area contributed by atoms with Crippen LogP contribution in [0.5, 0.6) is 11.6 Å². The van der Waals surface area contributed by atoms with Crippen molar-refractivity contribution < 1.29 is 36.6 Å². The van der Waals surface area contributed by atoms with Gasteiger partial charge in [-0.15, -0.1) is 0 Å². The van der Waals surface area contributed by atoms with E-state index in [1.807, 2.05) is 0 Å². The van der Waals surface area contributed by atoms with Crippen LogP contribution in [0.3, 0.4) is 0 Å². The summed E-state index contributed by atoms with van der Waals surface area (Å²) in [5.41, 5.74) is -1.06. The molecule has 2 aromatic heterocycles. The molecule has 34 heavy (non-hydrogen) atoms. The van der Waals surface area contributed by atoms with E-state index in [1.54, 1.807) is 0 Å². The van der Waals surface area contributed by atoms with Gasteiger partial charge in [-0.3, -0.25) is 0 Å². The maximum Gasteiger partial charge on any atom is 0.421 e. The fraction of sp³-hybridized carbons (Fsp3) is 0.333. The molecule has 0 aliphatic carbocycles. The van der Waals surface area contributed by atoms with Gasteiger partial charge in [-0.1, -0.05) is 0 Å². The number of nitrogens with one attached hydrogen (secondary N) is 1. The van der Waals surface area contributed by atoms with Crippen LogP contribution in [0.1, 0.15) is 27.9 Å². The molecule has 13 heteroatoms. The first-order valence-electron chi connectivity index (χ1n) is 10.1. The SMILES string of the molecule is COC(=O)c1cc(Oc2ncc(Cn3nccn3)cc2C(F)(F)F)c(F)cc1NC1CCOC1. The summed E-state index contributed by atoms with van der Waals surface area (Å²) < 4.78 is 71.2. The van der Waals surface area contributed by atoms with Crippen molar-refractivity contribution in [2.45, 2.75) is 25.2 Å². The molecule has 1 aliphatic heterocycles. The maximum absolute atomic E-state index is 14.8. The highest BCUT2D eigenvalue weighted by Gasteiger charge is 2.36. The van der Waals surface area contributed by atoms with Crippen molar-refractivity contribution in [3.05, 3.63) is 59.3 Å². The van der Waals surface area contributed by atoms with E-state index in [1.165, 1.54) is 17.2 Å². The molecule has 3 aromatic rings. The molecule has 0 bridgehead atoms. The second-order valence-corrected chi connectivity index (χ2v) is 7.38. The number of anilines is 1. The summed E-state index contributed by atoms with van der Waals surface area (Å²) >= 11 is 0. The Bertz CT molecular complexity index is 1160. The average Bonchev–Trinajstić information content (AvgIpc) is 3.49. The maximum atomic E-state index is 14.8. The van der Waals surface area contributed by atoms with Crippen LogP contribution in [0, 0.1) is 5.82 Å². The Labute approximate surface area is 190 Å². The van der Waals surface area contributed by atoms with Crippen LogP contribution in [0.15, 0.2) is 36.8 Å². The molecule has 0 saturated carbocycles. The van der Waals surface area contributed by atoms with Gasteiger partial charge in [0.05, 0.1) is 49.9 Å². The minimum Gasteiger partial charge on any atom is -0.465 e. The van der Waals surface area contributed by atoms with Gasteiger partial charge in [0.15, 0.2) is 11.6 Å². The van der Waals surface area contributed by atoms with E-state index in [0.717, 1.165) is 31.5 Å². The Morgan fingerprint density at radius 2 is 2.03 bits per heavy atom. The molecule has 1 saturated heterocycles. The van der Waals surface area contributed by atoms with Crippen molar-refractivity contribution >= 4 is 11.7 Å². The van der Waals surface area contributed by atoms with Gasteiger partial charge in [-0.2, -0.15) is 28.2 Å². The minimum atomic E-state index is -4.85. The number of alkyl halides is 3. The summed E-state index contributed by atoms with van der Waals surface area (Å²) in [7, 11) is 1.13. The molecule has 4 rings (SSSR count). The molecule has 0 spiro atoms. The summed E-state index contributed by atoms with van der Waals surface area (Å²) in [4.78, 5) is 17.2. The quantitative estimate of drug-likeness (QED) is 0.403. The van der Waals surface area contributed by atoms with E-state index >= 15 is 0 Å². The number of rotatable bonds is 7. The molecule has 1 aliphatic rings. The Hall–Kier alpha value is -3.74. The number of ether oxygens (including phenoxy) is 3. The Balaban J connectivity index is 1.67. The third-order valence-corrected chi connectivity index (χ3v) is 4.98. The highest BCUT2D eigenvalue weighted by atomic mass is 19.4. The lowest BCUT2D eigenvalue weighted by Crippen LogP contribution is -2.21. The molecule has 0 amide bonds. The zero-order valence-corrected chi connectivity index (χ0v) is 17.8. The van der Waals surface area contributed by atoms with Crippen LogP contribution in [0.25, 0.3) is 0 Å². The van der Waals surface area contributed by atoms with Crippen molar-refractivity contribution in [3.8, 4) is 11.6 Å². The van der Waals surface area contributed by atoms with Gasteiger partial charge >= 0.3 is 12.1 Å². The number of hydrogen-bond acceptors (Lipinski definition) is 8. The molecule has 1 atom stereocenters. The number of carbonyl (C=O) groups excluding carboxylic acids is 1. The van der Waals surface area contributed by atoms with Crippen molar-refractivity contribution in [2.75, 3.05) is 25.6 Å². The van der Waals surface area contributed by atoms with E-state index in [0.29, 0.717) is 19.6 Å². The van der Waals surface area contributed by atoms with Gasteiger partial charge in [0.1, 0.15) is 5.56 Å². The lowest BCUT2D eigenvalue weighted by Gasteiger charge is -2.18. The first-order valence-corrected chi connectivity index (χ1v) is 10.1. The number of pyridine rings is 1. The highest BCUT2D eigenvalue weighted by Crippen LogP contribution is 2.39. The molecule has 1 aromatic carbocycles. The second kappa shape index (κ2) is 9.63. The second-order valence-electron chi connectivity index (χ2n) is 7.38. The fourth-order valence-electron chi connectivity index (χ4n) is 3.36. The Morgan fingerprint density at radius 1 is 1.26 bits per heavy atom. The summed E-state index contributed by atoms with van der Waals surface area (Å²) in [5, 5.41) is 10.7. The smallest absolute Gasteiger partial charge is 0.421 e.